The van der Waals surface area contributed by atoms with Crippen molar-refractivity contribution in [2.75, 3.05) is 5.88 Å². The highest BCUT2D eigenvalue weighted by Crippen LogP contribution is 2.48. The van der Waals surface area contributed by atoms with Gasteiger partial charge in [-0.15, -0.1) is 11.6 Å². The van der Waals surface area contributed by atoms with Crippen molar-refractivity contribution in [1.29, 1.82) is 0 Å². The second kappa shape index (κ2) is 1.31. The van der Waals surface area contributed by atoms with Gasteiger partial charge in [0.05, 0.1) is 0 Å². The first-order valence-corrected chi connectivity index (χ1v) is 2.64. The molecule has 0 spiro atoms. The van der Waals surface area contributed by atoms with Crippen molar-refractivity contribution in [3.8, 4) is 0 Å². The Morgan fingerprint density at radius 1 is 1.71 bits per heavy atom. The van der Waals surface area contributed by atoms with Crippen LogP contribution in [0.3, 0.4) is 0 Å². The van der Waals surface area contributed by atoms with Crippen LogP contribution in [0.5, 0.6) is 0 Å². The van der Waals surface area contributed by atoms with Crippen LogP contribution in [-0.2, 0) is 0 Å². The maximum Gasteiger partial charge on any atom is 0.252 e. The van der Waals surface area contributed by atoms with Crippen LogP contribution in [0.2, 0.25) is 0 Å². The second-order valence-corrected chi connectivity index (χ2v) is 2.12. The summed E-state index contributed by atoms with van der Waals surface area (Å²) in [6.07, 6.45) is -0.00347. The highest BCUT2D eigenvalue weighted by atomic mass is 35.5. The molecule has 0 nitrogen and oxygen atoms in total. The molecule has 1 atom stereocenters. The molecular weight excluding hydrogens is 121 g/mol. The van der Waals surface area contributed by atoms with Gasteiger partial charge in [-0.05, 0) is 0 Å². The van der Waals surface area contributed by atoms with E-state index in [0.29, 0.717) is 0 Å². The molecule has 0 radical (unpaired) electrons. The molecule has 1 aliphatic carbocycles. The Hall–Kier alpha value is 0.150. The largest absolute Gasteiger partial charge is 0.252 e. The van der Waals surface area contributed by atoms with Crippen LogP contribution < -0.4 is 0 Å². The molecule has 0 amide bonds. The van der Waals surface area contributed by atoms with E-state index >= 15 is 0 Å². The second-order valence-electron chi connectivity index (χ2n) is 1.82. The van der Waals surface area contributed by atoms with E-state index in [2.05, 4.69) is 0 Å². The molecule has 1 saturated carbocycles. The zero-order valence-corrected chi connectivity index (χ0v) is 4.38. The predicted molar refractivity (Wildman–Crippen MR) is 23.8 cm³/mol. The van der Waals surface area contributed by atoms with Crippen LogP contribution in [0.4, 0.5) is 8.78 Å². The summed E-state index contributed by atoms with van der Waals surface area (Å²) in [7, 11) is 0. The van der Waals surface area contributed by atoms with Crippen molar-refractivity contribution in [2.45, 2.75) is 12.3 Å². The lowest BCUT2D eigenvalue weighted by atomic mass is 10.5. The van der Waals surface area contributed by atoms with Crippen molar-refractivity contribution in [3.63, 3.8) is 0 Å². The smallest absolute Gasteiger partial charge is 0.207 e. The molecule has 1 fully saturated rings. The Balaban J connectivity index is 2.30. The van der Waals surface area contributed by atoms with Gasteiger partial charge < -0.3 is 0 Å². The SMILES string of the molecule is FC1(F)CC1CCl. The van der Waals surface area contributed by atoms with Crippen LogP contribution in [0.25, 0.3) is 0 Å². The molecule has 0 bridgehead atoms. The molecule has 0 aromatic rings. The van der Waals surface area contributed by atoms with E-state index in [1.54, 1.807) is 0 Å². The molecule has 1 aliphatic rings. The Morgan fingerprint density at radius 3 is 2.14 bits per heavy atom. The Labute approximate surface area is 45.5 Å². The molecule has 0 aromatic carbocycles. The van der Waals surface area contributed by atoms with E-state index in [1.165, 1.54) is 0 Å². The molecule has 0 heterocycles. The first kappa shape index (κ1) is 5.29. The summed E-state index contributed by atoms with van der Waals surface area (Å²) >= 11 is 5.10. The lowest BCUT2D eigenvalue weighted by molar-refractivity contribution is 0.103. The number of halogens is 3. The van der Waals surface area contributed by atoms with Crippen molar-refractivity contribution >= 4 is 11.6 Å². The summed E-state index contributed by atoms with van der Waals surface area (Å²) in [6.45, 7) is 0. The van der Waals surface area contributed by atoms with Crippen LogP contribution >= 0.6 is 11.6 Å². The lowest BCUT2D eigenvalue weighted by Gasteiger charge is -1.85. The van der Waals surface area contributed by atoms with Crippen LogP contribution in [0, 0.1) is 5.92 Å². The van der Waals surface area contributed by atoms with Crippen LogP contribution in [0.15, 0.2) is 0 Å². The molecule has 1 rings (SSSR count). The quantitative estimate of drug-likeness (QED) is 0.471. The number of hydrogen-bond acceptors (Lipinski definition) is 0. The minimum atomic E-state index is -2.41. The normalized spacial score (nSPS) is 35.6. The maximum absolute atomic E-state index is 11.7. The average molecular weight is 127 g/mol. The van der Waals surface area contributed by atoms with E-state index in [1.807, 2.05) is 0 Å². The number of rotatable bonds is 1. The van der Waals surface area contributed by atoms with Gasteiger partial charge in [0.1, 0.15) is 0 Å². The standard InChI is InChI=1S/C4H5ClF2/c5-2-3-1-4(3,6)7/h3H,1-2H2. The third kappa shape index (κ3) is 0.852. The third-order valence-electron chi connectivity index (χ3n) is 1.14. The summed E-state index contributed by atoms with van der Waals surface area (Å²) in [6, 6.07) is 0. The maximum atomic E-state index is 11.7. The highest BCUT2D eigenvalue weighted by Gasteiger charge is 2.55. The summed E-state index contributed by atoms with van der Waals surface area (Å²) < 4.78 is 23.4. The summed E-state index contributed by atoms with van der Waals surface area (Å²) in [5.74, 6) is -2.83. The predicted octanol–water partition coefficient (Wildman–Crippen LogP) is 1.88. The van der Waals surface area contributed by atoms with Crippen molar-refractivity contribution in [3.05, 3.63) is 0 Å². The van der Waals surface area contributed by atoms with Gasteiger partial charge in [0.2, 0.25) is 0 Å². The molecular formula is C4H5ClF2. The fraction of sp³-hybridized carbons (Fsp3) is 1.00. The Bertz CT molecular complexity index is 81.8. The topological polar surface area (TPSA) is 0 Å². The lowest BCUT2D eigenvalue weighted by Crippen LogP contribution is -1.92. The summed E-state index contributed by atoms with van der Waals surface area (Å²) in [5, 5.41) is 0. The monoisotopic (exact) mass is 126 g/mol. The first-order valence-electron chi connectivity index (χ1n) is 2.10. The van der Waals surface area contributed by atoms with Crippen LogP contribution in [-0.4, -0.2) is 11.8 Å². The van der Waals surface area contributed by atoms with Gasteiger partial charge in [-0.1, -0.05) is 0 Å². The summed E-state index contributed by atoms with van der Waals surface area (Å²) in [5.41, 5.74) is 0. The molecule has 1 unspecified atom stereocenters. The van der Waals surface area contributed by atoms with Gasteiger partial charge >= 0.3 is 0 Å². The fourth-order valence-corrected chi connectivity index (χ4v) is 0.772. The van der Waals surface area contributed by atoms with Crippen molar-refractivity contribution in [2.24, 2.45) is 5.92 Å². The van der Waals surface area contributed by atoms with E-state index < -0.39 is 11.8 Å². The molecule has 0 saturated heterocycles. The zero-order valence-electron chi connectivity index (χ0n) is 3.63. The average Bonchev–Trinajstić information content (AvgIpc) is 2.13. The Kier molecular flexibility index (Phi) is 0.991. The number of alkyl halides is 3. The molecule has 0 aromatic heterocycles. The minimum Gasteiger partial charge on any atom is -0.207 e. The van der Waals surface area contributed by atoms with E-state index in [-0.39, 0.29) is 12.3 Å². The van der Waals surface area contributed by atoms with Gasteiger partial charge in [-0.2, -0.15) is 0 Å². The van der Waals surface area contributed by atoms with Crippen molar-refractivity contribution < 1.29 is 8.78 Å². The molecule has 42 valence electrons. The summed E-state index contributed by atoms with van der Waals surface area (Å²) in [4.78, 5) is 0. The fourth-order valence-electron chi connectivity index (χ4n) is 0.437. The van der Waals surface area contributed by atoms with Gasteiger partial charge in [0, 0.05) is 18.2 Å². The first-order chi connectivity index (χ1) is 3.17. The van der Waals surface area contributed by atoms with Gasteiger partial charge in [-0.3, -0.25) is 0 Å². The third-order valence-corrected chi connectivity index (χ3v) is 1.51. The van der Waals surface area contributed by atoms with Gasteiger partial charge in [-0.25, -0.2) is 8.78 Å². The van der Waals surface area contributed by atoms with E-state index in [4.69, 9.17) is 11.6 Å². The van der Waals surface area contributed by atoms with Gasteiger partial charge in [0.15, 0.2) is 0 Å². The molecule has 3 heteroatoms. The zero-order chi connectivity index (χ0) is 5.49. The van der Waals surface area contributed by atoms with E-state index in [0.717, 1.165) is 0 Å². The highest BCUT2D eigenvalue weighted by molar-refractivity contribution is 6.18. The Morgan fingerprint density at radius 2 is 2.14 bits per heavy atom. The number of hydrogen-bond donors (Lipinski definition) is 0. The van der Waals surface area contributed by atoms with Gasteiger partial charge in [0.25, 0.3) is 5.92 Å². The minimum absolute atomic E-state index is 0.00347. The van der Waals surface area contributed by atoms with Crippen LogP contribution in [0.1, 0.15) is 6.42 Å². The molecule has 7 heavy (non-hydrogen) atoms. The van der Waals surface area contributed by atoms with E-state index in [9.17, 15) is 8.78 Å². The molecule has 0 aliphatic heterocycles. The van der Waals surface area contributed by atoms with Crippen molar-refractivity contribution in [1.82, 2.24) is 0 Å². The molecule has 0 N–H and O–H groups in total.